The van der Waals surface area contributed by atoms with E-state index in [0.29, 0.717) is 31.5 Å². The Kier molecular flexibility index (Phi) is 5.54. The van der Waals surface area contributed by atoms with E-state index in [2.05, 4.69) is 5.32 Å². The second kappa shape index (κ2) is 7.42. The Hall–Kier alpha value is -2.44. The molecule has 2 amide bonds. The van der Waals surface area contributed by atoms with Gasteiger partial charge in [-0.2, -0.15) is 0 Å². The number of nitrogens with one attached hydrogen (secondary N) is 1. The number of carbonyl (C=O) groups is 3. The first-order valence-electron chi connectivity index (χ1n) is 7.87. The van der Waals surface area contributed by atoms with Gasteiger partial charge in [0.15, 0.2) is 0 Å². The third kappa shape index (κ3) is 4.31. The molecule has 1 unspecified atom stereocenters. The van der Waals surface area contributed by atoms with E-state index >= 15 is 0 Å². The number of halogens is 1. The van der Waals surface area contributed by atoms with E-state index in [-0.39, 0.29) is 24.8 Å². The van der Waals surface area contributed by atoms with Gasteiger partial charge in [0, 0.05) is 31.6 Å². The molecule has 1 fully saturated rings. The minimum absolute atomic E-state index is 0.101. The quantitative estimate of drug-likeness (QED) is 0.774. The molecule has 130 valence electrons. The molecule has 1 aliphatic heterocycles. The maximum atomic E-state index is 12.8. The van der Waals surface area contributed by atoms with Crippen LogP contribution >= 0.6 is 0 Å². The fourth-order valence-corrected chi connectivity index (χ4v) is 2.65. The number of carbonyl (C=O) groups excluding carboxylic acids is 2. The lowest BCUT2D eigenvalue weighted by molar-refractivity contribution is -0.147. The van der Waals surface area contributed by atoms with Gasteiger partial charge in [-0.25, -0.2) is 4.39 Å². The number of rotatable bonds is 6. The van der Waals surface area contributed by atoms with Gasteiger partial charge in [-0.15, -0.1) is 0 Å². The number of aliphatic carboxylic acids is 1. The van der Waals surface area contributed by atoms with Crippen molar-refractivity contribution in [1.29, 1.82) is 0 Å². The summed E-state index contributed by atoms with van der Waals surface area (Å²) in [4.78, 5) is 36.6. The molecular formula is C17H21FN2O4. The zero-order chi connectivity index (χ0) is 17.7. The van der Waals surface area contributed by atoms with Crippen LogP contribution < -0.4 is 5.32 Å². The minimum Gasteiger partial charge on any atom is -0.481 e. The molecule has 2 rings (SSSR count). The fourth-order valence-electron chi connectivity index (χ4n) is 2.65. The molecule has 6 nitrogen and oxygen atoms in total. The molecule has 1 atom stereocenters. The van der Waals surface area contributed by atoms with Gasteiger partial charge >= 0.3 is 5.97 Å². The van der Waals surface area contributed by atoms with Crippen molar-refractivity contribution in [2.75, 3.05) is 19.6 Å². The normalized spacial score (nSPS) is 20.0. The standard InChI is InChI=1S/C17H21FN2O4/c1-17(16(23)24)8-10-20(11-17)14(21)3-2-9-19-15(22)12-4-6-13(18)7-5-12/h4-7H,2-3,8-11H2,1H3,(H,19,22)(H,23,24). The lowest BCUT2D eigenvalue weighted by atomic mass is 9.90. The van der Waals surface area contributed by atoms with Gasteiger partial charge in [0.2, 0.25) is 5.91 Å². The summed E-state index contributed by atoms with van der Waals surface area (Å²) in [6.07, 6.45) is 1.17. The predicted octanol–water partition coefficient (Wildman–Crippen LogP) is 1.66. The summed E-state index contributed by atoms with van der Waals surface area (Å²) >= 11 is 0. The maximum absolute atomic E-state index is 12.8. The van der Waals surface area contributed by atoms with Crippen molar-refractivity contribution in [2.24, 2.45) is 5.41 Å². The monoisotopic (exact) mass is 336 g/mol. The van der Waals surface area contributed by atoms with E-state index in [1.807, 2.05) is 0 Å². The van der Waals surface area contributed by atoms with Crippen LogP contribution in [0.4, 0.5) is 4.39 Å². The second-order valence-electron chi connectivity index (χ2n) is 6.30. The van der Waals surface area contributed by atoms with E-state index in [1.54, 1.807) is 11.8 Å². The average molecular weight is 336 g/mol. The van der Waals surface area contributed by atoms with Crippen LogP contribution in [-0.4, -0.2) is 47.4 Å². The van der Waals surface area contributed by atoms with Crippen molar-refractivity contribution in [3.05, 3.63) is 35.6 Å². The zero-order valence-corrected chi connectivity index (χ0v) is 13.5. The average Bonchev–Trinajstić information content (AvgIpc) is 2.96. The number of carboxylic acids is 1. The third-order valence-electron chi connectivity index (χ3n) is 4.30. The van der Waals surface area contributed by atoms with Crippen molar-refractivity contribution in [1.82, 2.24) is 10.2 Å². The smallest absolute Gasteiger partial charge is 0.311 e. The molecule has 0 spiro atoms. The summed E-state index contributed by atoms with van der Waals surface area (Å²) in [5.74, 6) is -1.71. The SMILES string of the molecule is CC1(C(=O)O)CCN(C(=O)CCCNC(=O)c2ccc(F)cc2)C1. The van der Waals surface area contributed by atoms with E-state index in [1.165, 1.54) is 24.3 Å². The first kappa shape index (κ1) is 17.9. The molecule has 1 aromatic rings. The summed E-state index contributed by atoms with van der Waals surface area (Å²) in [7, 11) is 0. The number of benzene rings is 1. The van der Waals surface area contributed by atoms with Gasteiger partial charge in [-0.1, -0.05) is 0 Å². The minimum atomic E-state index is -0.885. The van der Waals surface area contributed by atoms with Crippen LogP contribution in [0, 0.1) is 11.2 Å². The summed E-state index contributed by atoms with van der Waals surface area (Å²) in [6, 6.07) is 5.22. The molecule has 24 heavy (non-hydrogen) atoms. The summed E-state index contributed by atoms with van der Waals surface area (Å²) < 4.78 is 12.8. The number of nitrogens with zero attached hydrogens (tertiary/aromatic N) is 1. The predicted molar refractivity (Wildman–Crippen MR) is 84.9 cm³/mol. The van der Waals surface area contributed by atoms with Crippen LogP contribution in [0.2, 0.25) is 0 Å². The van der Waals surface area contributed by atoms with E-state index in [4.69, 9.17) is 5.11 Å². The molecule has 7 heteroatoms. The number of hydrogen-bond donors (Lipinski definition) is 2. The molecule has 2 N–H and O–H groups in total. The molecular weight excluding hydrogens is 315 g/mol. The Labute approximate surface area is 139 Å². The first-order valence-corrected chi connectivity index (χ1v) is 7.87. The number of amides is 2. The number of hydrogen-bond acceptors (Lipinski definition) is 3. The topological polar surface area (TPSA) is 86.7 Å². The Balaban J connectivity index is 1.71. The van der Waals surface area contributed by atoms with Crippen molar-refractivity contribution in [2.45, 2.75) is 26.2 Å². The molecule has 1 saturated heterocycles. The maximum Gasteiger partial charge on any atom is 0.311 e. The third-order valence-corrected chi connectivity index (χ3v) is 4.30. The zero-order valence-electron chi connectivity index (χ0n) is 13.5. The highest BCUT2D eigenvalue weighted by atomic mass is 19.1. The lowest BCUT2D eigenvalue weighted by Crippen LogP contribution is -2.35. The molecule has 0 aliphatic carbocycles. The fraction of sp³-hybridized carbons (Fsp3) is 0.471. The first-order chi connectivity index (χ1) is 11.3. The van der Waals surface area contributed by atoms with E-state index in [9.17, 15) is 18.8 Å². The van der Waals surface area contributed by atoms with Crippen LogP contribution in [0.5, 0.6) is 0 Å². The Morgan fingerprint density at radius 2 is 1.96 bits per heavy atom. The second-order valence-corrected chi connectivity index (χ2v) is 6.30. The Bertz CT molecular complexity index is 632. The van der Waals surface area contributed by atoms with Gasteiger partial charge in [0.25, 0.3) is 5.91 Å². The molecule has 1 aromatic carbocycles. The van der Waals surface area contributed by atoms with E-state index < -0.39 is 17.2 Å². The molecule has 1 heterocycles. The molecule has 0 bridgehead atoms. The van der Waals surface area contributed by atoms with Crippen molar-refractivity contribution < 1.29 is 23.9 Å². The van der Waals surface area contributed by atoms with Gasteiger partial charge in [-0.05, 0) is 44.0 Å². The Morgan fingerprint density at radius 3 is 2.54 bits per heavy atom. The van der Waals surface area contributed by atoms with Crippen LogP contribution in [-0.2, 0) is 9.59 Å². The highest BCUT2D eigenvalue weighted by Gasteiger charge is 2.41. The van der Waals surface area contributed by atoms with Crippen LogP contribution in [0.15, 0.2) is 24.3 Å². The summed E-state index contributed by atoms with van der Waals surface area (Å²) in [5.41, 5.74) is -0.508. The summed E-state index contributed by atoms with van der Waals surface area (Å²) in [5, 5.41) is 11.8. The van der Waals surface area contributed by atoms with Crippen molar-refractivity contribution >= 4 is 17.8 Å². The van der Waals surface area contributed by atoms with Crippen LogP contribution in [0.1, 0.15) is 36.5 Å². The highest BCUT2D eigenvalue weighted by Crippen LogP contribution is 2.30. The van der Waals surface area contributed by atoms with Gasteiger partial charge < -0.3 is 15.3 Å². The molecule has 0 radical (unpaired) electrons. The van der Waals surface area contributed by atoms with Gasteiger partial charge in [0.1, 0.15) is 5.82 Å². The van der Waals surface area contributed by atoms with Crippen LogP contribution in [0.3, 0.4) is 0 Å². The molecule has 0 saturated carbocycles. The van der Waals surface area contributed by atoms with Crippen molar-refractivity contribution in [3.8, 4) is 0 Å². The lowest BCUT2D eigenvalue weighted by Gasteiger charge is -2.20. The van der Waals surface area contributed by atoms with Gasteiger partial charge in [-0.3, -0.25) is 14.4 Å². The van der Waals surface area contributed by atoms with E-state index in [0.717, 1.165) is 0 Å². The van der Waals surface area contributed by atoms with Crippen molar-refractivity contribution in [3.63, 3.8) is 0 Å². The number of carboxylic acid groups (broad SMARTS) is 1. The number of likely N-dealkylation sites (tertiary alicyclic amines) is 1. The molecule has 1 aliphatic rings. The largest absolute Gasteiger partial charge is 0.481 e. The Morgan fingerprint density at radius 1 is 1.29 bits per heavy atom. The van der Waals surface area contributed by atoms with Gasteiger partial charge in [0.05, 0.1) is 5.41 Å². The molecule has 0 aromatic heterocycles. The summed E-state index contributed by atoms with van der Waals surface area (Å²) in [6.45, 7) is 2.64. The van der Waals surface area contributed by atoms with Crippen LogP contribution in [0.25, 0.3) is 0 Å². The highest BCUT2D eigenvalue weighted by molar-refractivity contribution is 5.94.